The molecule has 18 heavy (non-hydrogen) atoms. The van der Waals surface area contributed by atoms with Gasteiger partial charge in [-0.25, -0.2) is 0 Å². The molecule has 0 bridgehead atoms. The van der Waals surface area contributed by atoms with Gasteiger partial charge in [0.2, 0.25) is 5.88 Å². The van der Waals surface area contributed by atoms with E-state index in [1.807, 2.05) is 13.8 Å². The van der Waals surface area contributed by atoms with Gasteiger partial charge in [-0.3, -0.25) is 4.98 Å². The van der Waals surface area contributed by atoms with Crippen molar-refractivity contribution >= 4 is 17.4 Å². The minimum absolute atomic E-state index is 0.112. The molecule has 1 aromatic rings. The fourth-order valence-electron chi connectivity index (χ4n) is 2.12. The van der Waals surface area contributed by atoms with E-state index in [0.29, 0.717) is 17.3 Å². The minimum Gasteiger partial charge on any atom is -0.474 e. The smallest absolute Gasteiger partial charge is 0.234 e. The van der Waals surface area contributed by atoms with Gasteiger partial charge in [-0.1, -0.05) is 0 Å². The average molecular weight is 270 g/mol. The molecule has 0 amide bonds. The highest BCUT2D eigenvalue weighted by Crippen LogP contribution is 2.25. The first kappa shape index (κ1) is 13.4. The first-order valence-corrected chi connectivity index (χ1v) is 6.96. The van der Waals surface area contributed by atoms with Crippen LogP contribution >= 0.6 is 11.6 Å². The maximum atomic E-state index is 6.09. The lowest BCUT2D eigenvalue weighted by atomic mass is 9.95. The average Bonchev–Trinajstić information content (AvgIpc) is 2.32. The Morgan fingerprint density at radius 2 is 2.00 bits per heavy atom. The van der Waals surface area contributed by atoms with Crippen LogP contribution in [0, 0.1) is 0 Å². The van der Waals surface area contributed by atoms with Gasteiger partial charge in [-0.2, -0.15) is 4.98 Å². The second-order valence-corrected chi connectivity index (χ2v) is 5.62. The molecule has 0 aliphatic heterocycles. The van der Waals surface area contributed by atoms with E-state index in [0.717, 1.165) is 31.5 Å². The zero-order valence-electron chi connectivity index (χ0n) is 10.9. The normalized spacial score (nSPS) is 24.0. The Bertz CT molecular complexity index is 378. The maximum Gasteiger partial charge on any atom is 0.234 e. The number of aromatic nitrogens is 2. The summed E-state index contributed by atoms with van der Waals surface area (Å²) in [6, 6.07) is 0.448. The van der Waals surface area contributed by atoms with E-state index in [2.05, 4.69) is 15.3 Å². The third-order valence-electron chi connectivity index (χ3n) is 2.98. The molecule has 0 saturated heterocycles. The van der Waals surface area contributed by atoms with Crippen molar-refractivity contribution in [3.8, 4) is 5.88 Å². The van der Waals surface area contributed by atoms with Gasteiger partial charge < -0.3 is 10.1 Å². The molecule has 0 spiro atoms. The van der Waals surface area contributed by atoms with Crippen LogP contribution in [0.5, 0.6) is 5.88 Å². The van der Waals surface area contributed by atoms with Gasteiger partial charge >= 0.3 is 0 Å². The van der Waals surface area contributed by atoms with Gasteiger partial charge in [0.25, 0.3) is 0 Å². The van der Waals surface area contributed by atoms with Crippen LogP contribution in [-0.4, -0.2) is 27.5 Å². The number of halogens is 1. The van der Waals surface area contributed by atoms with Crippen LogP contribution < -0.4 is 10.1 Å². The highest BCUT2D eigenvalue weighted by Gasteiger charge is 2.19. The molecule has 0 aromatic carbocycles. The van der Waals surface area contributed by atoms with E-state index in [4.69, 9.17) is 16.3 Å². The van der Waals surface area contributed by atoms with Gasteiger partial charge in [0, 0.05) is 11.4 Å². The van der Waals surface area contributed by atoms with Crippen molar-refractivity contribution in [3.05, 3.63) is 12.4 Å². The number of anilines is 1. The van der Waals surface area contributed by atoms with Crippen molar-refractivity contribution in [2.75, 3.05) is 5.32 Å². The quantitative estimate of drug-likeness (QED) is 0.853. The van der Waals surface area contributed by atoms with Crippen molar-refractivity contribution < 1.29 is 4.74 Å². The number of rotatable bonds is 4. The standard InChI is InChI=1S/C13H20ClN3O/c1-9(2)18-13-8-15-7-12(17-13)16-11-5-3-10(14)4-6-11/h7-11H,3-6H2,1-2H3,(H,16,17). The lowest BCUT2D eigenvalue weighted by Crippen LogP contribution is -2.26. The maximum absolute atomic E-state index is 6.09. The Balaban J connectivity index is 1.92. The molecule has 2 rings (SSSR count). The summed E-state index contributed by atoms with van der Waals surface area (Å²) in [5, 5.41) is 3.74. The number of alkyl halides is 1. The molecule has 0 radical (unpaired) electrons. The van der Waals surface area contributed by atoms with Crippen LogP contribution in [0.1, 0.15) is 39.5 Å². The monoisotopic (exact) mass is 269 g/mol. The van der Waals surface area contributed by atoms with E-state index < -0.39 is 0 Å². The first-order valence-electron chi connectivity index (χ1n) is 6.53. The SMILES string of the molecule is CC(C)Oc1cncc(NC2CCC(Cl)CC2)n1. The van der Waals surface area contributed by atoms with Gasteiger partial charge in [0.1, 0.15) is 5.82 Å². The zero-order valence-corrected chi connectivity index (χ0v) is 11.7. The predicted molar refractivity (Wildman–Crippen MR) is 73.3 cm³/mol. The summed E-state index contributed by atoms with van der Waals surface area (Å²) in [7, 11) is 0. The summed E-state index contributed by atoms with van der Waals surface area (Å²) in [4.78, 5) is 8.54. The Kier molecular flexibility index (Phi) is 4.64. The van der Waals surface area contributed by atoms with Crippen LogP contribution in [-0.2, 0) is 0 Å². The van der Waals surface area contributed by atoms with Crippen LogP contribution in [0.3, 0.4) is 0 Å². The third kappa shape index (κ3) is 4.02. The number of nitrogens with zero attached hydrogens (tertiary/aromatic N) is 2. The predicted octanol–water partition coefficient (Wildman–Crippen LogP) is 3.23. The van der Waals surface area contributed by atoms with Crippen molar-refractivity contribution in [3.63, 3.8) is 0 Å². The minimum atomic E-state index is 0.112. The highest BCUT2D eigenvalue weighted by molar-refractivity contribution is 6.20. The number of hydrogen-bond acceptors (Lipinski definition) is 4. The van der Waals surface area contributed by atoms with E-state index in [1.165, 1.54) is 0 Å². The number of nitrogens with one attached hydrogen (secondary N) is 1. The molecule has 1 fully saturated rings. The Morgan fingerprint density at radius 3 is 2.67 bits per heavy atom. The first-order chi connectivity index (χ1) is 8.63. The largest absolute Gasteiger partial charge is 0.474 e. The molecule has 0 unspecified atom stereocenters. The summed E-state index contributed by atoms with van der Waals surface area (Å²) in [5.41, 5.74) is 0. The topological polar surface area (TPSA) is 47.0 Å². The fraction of sp³-hybridized carbons (Fsp3) is 0.692. The molecule has 1 N–H and O–H groups in total. The van der Waals surface area contributed by atoms with Gasteiger partial charge in [-0.05, 0) is 39.5 Å². The summed E-state index contributed by atoms with van der Waals surface area (Å²) in [5.74, 6) is 1.35. The Morgan fingerprint density at radius 1 is 1.28 bits per heavy atom. The Hall–Kier alpha value is -1.03. The molecule has 1 aliphatic rings. The van der Waals surface area contributed by atoms with Crippen molar-refractivity contribution in [2.24, 2.45) is 0 Å². The number of hydrogen-bond donors (Lipinski definition) is 1. The summed E-state index contributed by atoms with van der Waals surface area (Å²) in [6.07, 6.45) is 7.79. The van der Waals surface area contributed by atoms with Crippen molar-refractivity contribution in [1.82, 2.24) is 9.97 Å². The van der Waals surface area contributed by atoms with Gasteiger partial charge in [0.15, 0.2) is 0 Å². The molecular formula is C13H20ClN3O. The highest BCUT2D eigenvalue weighted by atomic mass is 35.5. The van der Waals surface area contributed by atoms with Gasteiger partial charge in [-0.15, -0.1) is 11.6 Å². The van der Waals surface area contributed by atoms with E-state index in [-0.39, 0.29) is 6.10 Å². The van der Waals surface area contributed by atoms with E-state index in [1.54, 1.807) is 12.4 Å². The lowest BCUT2D eigenvalue weighted by molar-refractivity contribution is 0.232. The number of ether oxygens (including phenoxy) is 1. The molecule has 1 saturated carbocycles. The second-order valence-electron chi connectivity index (χ2n) is 5.00. The molecule has 4 nitrogen and oxygen atoms in total. The van der Waals surface area contributed by atoms with Crippen molar-refractivity contribution in [2.45, 2.75) is 57.1 Å². The van der Waals surface area contributed by atoms with E-state index in [9.17, 15) is 0 Å². The summed E-state index contributed by atoms with van der Waals surface area (Å²) in [6.45, 7) is 3.95. The summed E-state index contributed by atoms with van der Waals surface area (Å²) >= 11 is 6.09. The molecular weight excluding hydrogens is 250 g/mol. The van der Waals surface area contributed by atoms with Crippen LogP contribution in [0.25, 0.3) is 0 Å². The molecule has 100 valence electrons. The molecule has 1 heterocycles. The molecule has 1 aliphatic carbocycles. The summed E-state index contributed by atoms with van der Waals surface area (Å²) < 4.78 is 5.53. The van der Waals surface area contributed by atoms with Crippen molar-refractivity contribution in [1.29, 1.82) is 0 Å². The zero-order chi connectivity index (χ0) is 13.0. The van der Waals surface area contributed by atoms with Crippen LogP contribution in [0.4, 0.5) is 5.82 Å². The Labute approximate surface area is 113 Å². The molecule has 5 heteroatoms. The molecule has 1 aromatic heterocycles. The lowest BCUT2D eigenvalue weighted by Gasteiger charge is -2.26. The fourth-order valence-corrected chi connectivity index (χ4v) is 2.37. The van der Waals surface area contributed by atoms with E-state index >= 15 is 0 Å². The molecule has 0 atom stereocenters. The van der Waals surface area contributed by atoms with Gasteiger partial charge in [0.05, 0.1) is 18.5 Å². The van der Waals surface area contributed by atoms with Crippen LogP contribution in [0.2, 0.25) is 0 Å². The van der Waals surface area contributed by atoms with Crippen LogP contribution in [0.15, 0.2) is 12.4 Å². The third-order valence-corrected chi connectivity index (χ3v) is 3.41. The second kappa shape index (κ2) is 6.23.